The van der Waals surface area contributed by atoms with E-state index < -0.39 is 15.3 Å². The van der Waals surface area contributed by atoms with E-state index in [-0.39, 0.29) is 16.8 Å². The van der Waals surface area contributed by atoms with Crippen molar-refractivity contribution in [3.05, 3.63) is 36.2 Å². The van der Waals surface area contributed by atoms with E-state index in [2.05, 4.69) is 20.6 Å². The molecule has 1 aromatic carbocycles. The lowest BCUT2D eigenvalue weighted by Crippen LogP contribution is -2.33. The van der Waals surface area contributed by atoms with Gasteiger partial charge in [0.2, 0.25) is 11.9 Å². The Bertz CT molecular complexity index is 955. The average molecular weight is 376 g/mol. The molecule has 0 unspecified atom stereocenters. The minimum atomic E-state index is -3.32. The van der Waals surface area contributed by atoms with Crippen molar-refractivity contribution in [3.8, 4) is 5.75 Å². The van der Waals surface area contributed by atoms with Crippen LogP contribution in [0.1, 0.15) is 18.5 Å². The predicted molar refractivity (Wildman–Crippen MR) is 96.4 cm³/mol. The number of carbonyl (C=O) groups is 1. The number of benzene rings is 1. The van der Waals surface area contributed by atoms with Gasteiger partial charge in [0.15, 0.2) is 15.6 Å². The van der Waals surface area contributed by atoms with Gasteiger partial charge in [0.05, 0.1) is 23.6 Å². The topological polar surface area (TPSA) is 110 Å². The lowest BCUT2D eigenvalue weighted by Gasteiger charge is -2.17. The molecular weight excluding hydrogens is 356 g/mol. The molecule has 0 aliphatic heterocycles. The molecule has 1 heterocycles. The Morgan fingerprint density at radius 3 is 2.62 bits per heavy atom. The van der Waals surface area contributed by atoms with Crippen LogP contribution < -0.4 is 15.4 Å². The van der Waals surface area contributed by atoms with E-state index in [4.69, 9.17) is 4.74 Å². The quantitative estimate of drug-likeness (QED) is 0.784. The Labute approximate surface area is 151 Å². The highest BCUT2D eigenvalue weighted by Gasteiger charge is 2.54. The largest absolute Gasteiger partial charge is 0.493 e. The van der Waals surface area contributed by atoms with Crippen molar-refractivity contribution in [3.63, 3.8) is 0 Å². The first-order chi connectivity index (χ1) is 12.3. The highest BCUT2D eigenvalue weighted by Crippen LogP contribution is 2.50. The van der Waals surface area contributed by atoms with E-state index >= 15 is 0 Å². The third-order valence-electron chi connectivity index (χ3n) is 4.36. The zero-order valence-corrected chi connectivity index (χ0v) is 15.6. The number of sulfone groups is 1. The first kappa shape index (κ1) is 18.1. The highest BCUT2D eigenvalue weighted by atomic mass is 32.2. The molecule has 9 heteroatoms. The van der Waals surface area contributed by atoms with Crippen LogP contribution in [0.3, 0.4) is 0 Å². The summed E-state index contributed by atoms with van der Waals surface area (Å²) in [4.78, 5) is 21.1. The molecule has 0 spiro atoms. The molecule has 2 N–H and O–H groups in total. The Hall–Kier alpha value is -2.68. The van der Waals surface area contributed by atoms with Crippen LogP contribution in [0.5, 0.6) is 5.75 Å². The zero-order chi connectivity index (χ0) is 18.9. The second kappa shape index (κ2) is 6.56. The number of carbonyl (C=O) groups excluding carboxylic acids is 1. The molecule has 1 fully saturated rings. The van der Waals surface area contributed by atoms with Gasteiger partial charge in [0.25, 0.3) is 0 Å². The number of hydrogen-bond acceptors (Lipinski definition) is 7. The Balaban J connectivity index is 1.96. The molecule has 2 aromatic rings. The van der Waals surface area contributed by atoms with Gasteiger partial charge in [0.1, 0.15) is 5.69 Å². The molecular formula is C17H20N4O4S. The van der Waals surface area contributed by atoms with Crippen LogP contribution in [-0.2, 0) is 20.0 Å². The Morgan fingerprint density at radius 2 is 2.04 bits per heavy atom. The summed E-state index contributed by atoms with van der Waals surface area (Å²) >= 11 is 0. The minimum Gasteiger partial charge on any atom is -0.493 e. The van der Waals surface area contributed by atoms with E-state index in [1.165, 1.54) is 25.4 Å². The van der Waals surface area contributed by atoms with Gasteiger partial charge in [0, 0.05) is 19.0 Å². The maximum absolute atomic E-state index is 12.3. The van der Waals surface area contributed by atoms with Gasteiger partial charge < -0.3 is 15.4 Å². The molecule has 1 aliphatic rings. The number of likely N-dealkylation sites (N-methyl/N-ethyl adjacent to an activating group) is 1. The van der Waals surface area contributed by atoms with Crippen LogP contribution in [0.2, 0.25) is 0 Å². The monoisotopic (exact) mass is 376 g/mol. The lowest BCUT2D eigenvalue weighted by molar-refractivity contribution is -0.123. The summed E-state index contributed by atoms with van der Waals surface area (Å²) in [5.41, 5.74) is 0.360. The number of aromatic nitrogens is 2. The number of rotatable bonds is 6. The summed E-state index contributed by atoms with van der Waals surface area (Å²) in [5, 5.41) is 5.66. The number of nitrogens with one attached hydrogen (secondary N) is 2. The number of amides is 1. The summed E-state index contributed by atoms with van der Waals surface area (Å²) in [6.45, 7) is 0. The molecule has 138 valence electrons. The molecule has 0 atom stereocenters. The third-order valence-corrected chi connectivity index (χ3v) is 5.47. The Kier molecular flexibility index (Phi) is 4.57. The molecule has 1 saturated carbocycles. The van der Waals surface area contributed by atoms with Crippen molar-refractivity contribution in [2.24, 2.45) is 0 Å². The van der Waals surface area contributed by atoms with Crippen molar-refractivity contribution in [1.82, 2.24) is 15.3 Å². The van der Waals surface area contributed by atoms with E-state index in [0.717, 1.165) is 6.26 Å². The van der Waals surface area contributed by atoms with Crippen LogP contribution in [0.25, 0.3) is 0 Å². The van der Waals surface area contributed by atoms with Crippen LogP contribution in [0.4, 0.5) is 11.6 Å². The van der Waals surface area contributed by atoms with E-state index in [1.807, 2.05) is 0 Å². The summed E-state index contributed by atoms with van der Waals surface area (Å²) in [6, 6.07) is 6.38. The standard InChI is InChI=1S/C17H20N4O4S/c1-18-15(22)17(7-8-17)14-13(25-2)10-19-16(21-14)20-11-5-4-6-12(9-11)26(3,23)24/h4-6,9-10H,7-8H2,1-3H3,(H,18,22)(H,19,20,21). The third kappa shape index (κ3) is 3.34. The van der Waals surface area contributed by atoms with Crippen molar-refractivity contribution in [1.29, 1.82) is 0 Å². The number of ether oxygens (including phenoxy) is 1. The lowest BCUT2D eigenvalue weighted by atomic mass is 10.0. The molecule has 1 amide bonds. The fourth-order valence-electron chi connectivity index (χ4n) is 2.79. The Morgan fingerprint density at radius 1 is 1.31 bits per heavy atom. The number of hydrogen-bond donors (Lipinski definition) is 2. The highest BCUT2D eigenvalue weighted by molar-refractivity contribution is 7.90. The van der Waals surface area contributed by atoms with Gasteiger partial charge in [-0.2, -0.15) is 0 Å². The van der Waals surface area contributed by atoms with Gasteiger partial charge in [-0.25, -0.2) is 18.4 Å². The van der Waals surface area contributed by atoms with Crippen molar-refractivity contribution >= 4 is 27.4 Å². The van der Waals surface area contributed by atoms with Crippen molar-refractivity contribution in [2.75, 3.05) is 25.7 Å². The molecule has 0 radical (unpaired) electrons. The fraction of sp³-hybridized carbons (Fsp3) is 0.353. The molecule has 0 bridgehead atoms. The predicted octanol–water partition coefficient (Wildman–Crippen LogP) is 1.41. The summed E-state index contributed by atoms with van der Waals surface area (Å²) in [7, 11) is -0.224. The summed E-state index contributed by atoms with van der Waals surface area (Å²) in [5.74, 6) is 0.600. The smallest absolute Gasteiger partial charge is 0.232 e. The second-order valence-corrected chi connectivity index (χ2v) is 8.21. The fourth-order valence-corrected chi connectivity index (χ4v) is 3.46. The normalized spacial score (nSPS) is 15.2. The SMILES string of the molecule is CNC(=O)C1(c2nc(Nc3cccc(S(C)(=O)=O)c3)ncc2OC)CC1. The van der Waals surface area contributed by atoms with Crippen LogP contribution in [0.15, 0.2) is 35.4 Å². The molecule has 1 aliphatic carbocycles. The van der Waals surface area contributed by atoms with Gasteiger partial charge in [-0.05, 0) is 31.0 Å². The number of anilines is 2. The van der Waals surface area contributed by atoms with Crippen LogP contribution in [0, 0.1) is 0 Å². The van der Waals surface area contributed by atoms with Crippen LogP contribution >= 0.6 is 0 Å². The first-order valence-corrected chi connectivity index (χ1v) is 9.90. The summed E-state index contributed by atoms with van der Waals surface area (Å²) in [6.07, 6.45) is 4.02. The van der Waals surface area contributed by atoms with E-state index in [0.29, 0.717) is 30.0 Å². The molecule has 26 heavy (non-hydrogen) atoms. The molecule has 8 nitrogen and oxygen atoms in total. The van der Waals surface area contributed by atoms with Crippen LogP contribution in [-0.4, -0.2) is 44.7 Å². The summed E-state index contributed by atoms with van der Waals surface area (Å²) < 4.78 is 28.7. The second-order valence-electron chi connectivity index (χ2n) is 6.20. The maximum atomic E-state index is 12.3. The number of nitrogens with zero attached hydrogens (tertiary/aromatic N) is 2. The van der Waals surface area contributed by atoms with Gasteiger partial charge >= 0.3 is 0 Å². The van der Waals surface area contributed by atoms with Gasteiger partial charge in [-0.1, -0.05) is 6.07 Å². The zero-order valence-electron chi connectivity index (χ0n) is 14.7. The molecule has 3 rings (SSSR count). The molecule has 0 saturated heterocycles. The van der Waals surface area contributed by atoms with E-state index in [9.17, 15) is 13.2 Å². The number of methoxy groups -OCH3 is 1. The average Bonchev–Trinajstić information content (AvgIpc) is 3.42. The van der Waals surface area contributed by atoms with Gasteiger partial charge in [-0.15, -0.1) is 0 Å². The van der Waals surface area contributed by atoms with Crippen molar-refractivity contribution in [2.45, 2.75) is 23.2 Å². The van der Waals surface area contributed by atoms with Gasteiger partial charge in [-0.3, -0.25) is 4.79 Å². The first-order valence-electron chi connectivity index (χ1n) is 8.01. The minimum absolute atomic E-state index is 0.112. The van der Waals surface area contributed by atoms with Crippen molar-refractivity contribution < 1.29 is 17.9 Å². The van der Waals surface area contributed by atoms with E-state index in [1.54, 1.807) is 19.2 Å². The molecule has 1 aromatic heterocycles. The maximum Gasteiger partial charge on any atom is 0.232 e.